The number of nitrogens with one attached hydrogen (secondary N) is 1. The molecule has 0 aromatic rings. The number of amides is 1. The molecule has 1 amide bonds. The van der Waals surface area contributed by atoms with Crippen LogP contribution in [0.3, 0.4) is 0 Å². The van der Waals surface area contributed by atoms with E-state index in [2.05, 4.69) is 17.2 Å². The summed E-state index contributed by atoms with van der Waals surface area (Å²) in [7, 11) is 0. The first-order valence-electron chi connectivity index (χ1n) is 3.81. The molecule has 1 saturated heterocycles. The normalized spacial score (nSPS) is 18.5. The second-order valence-corrected chi connectivity index (χ2v) is 2.66. The van der Waals surface area contributed by atoms with Gasteiger partial charge in [-0.05, 0) is 31.9 Å². The molecule has 1 heterocycles. The van der Waals surface area contributed by atoms with Crippen LogP contribution in [0.15, 0.2) is 0 Å². The van der Waals surface area contributed by atoms with E-state index in [0.29, 0.717) is 5.92 Å². The molecule has 1 fully saturated rings. The van der Waals surface area contributed by atoms with Gasteiger partial charge in [-0.2, -0.15) is 0 Å². The van der Waals surface area contributed by atoms with Crippen molar-refractivity contribution in [1.82, 2.24) is 5.32 Å². The fraction of sp³-hybridized carbons (Fsp3) is 0.625. The fourth-order valence-electron chi connectivity index (χ4n) is 1.14. The van der Waals surface area contributed by atoms with Gasteiger partial charge in [-0.1, -0.05) is 5.92 Å². The number of primary amides is 1. The Balaban J connectivity index is 2.36. The van der Waals surface area contributed by atoms with Crippen LogP contribution in [0.2, 0.25) is 0 Å². The molecule has 3 N–H and O–H groups in total. The minimum Gasteiger partial charge on any atom is -0.359 e. The van der Waals surface area contributed by atoms with Crippen molar-refractivity contribution in [2.75, 3.05) is 13.1 Å². The number of carbonyl (C=O) groups is 1. The molecule has 0 aliphatic carbocycles. The molecule has 3 nitrogen and oxygen atoms in total. The largest absolute Gasteiger partial charge is 0.359 e. The third-order valence-corrected chi connectivity index (χ3v) is 1.74. The van der Waals surface area contributed by atoms with Crippen molar-refractivity contribution in [2.24, 2.45) is 11.7 Å². The zero-order valence-electron chi connectivity index (χ0n) is 6.39. The van der Waals surface area contributed by atoms with E-state index in [9.17, 15) is 4.79 Å². The van der Waals surface area contributed by atoms with Crippen LogP contribution in [0.4, 0.5) is 0 Å². The van der Waals surface area contributed by atoms with Crippen molar-refractivity contribution in [3.63, 3.8) is 0 Å². The molecule has 1 aliphatic rings. The predicted octanol–water partition coefficient (Wildman–Crippen LogP) is -0.525. The highest BCUT2D eigenvalue weighted by Gasteiger charge is 2.09. The highest BCUT2D eigenvalue weighted by atomic mass is 16.1. The van der Waals surface area contributed by atoms with Crippen molar-refractivity contribution in [1.29, 1.82) is 0 Å². The van der Waals surface area contributed by atoms with Crippen LogP contribution in [0.25, 0.3) is 0 Å². The average Bonchev–Trinajstić information content (AvgIpc) is 2.03. The molecule has 0 aromatic heterocycles. The summed E-state index contributed by atoms with van der Waals surface area (Å²) in [5.74, 6) is 5.07. The van der Waals surface area contributed by atoms with Crippen molar-refractivity contribution >= 4 is 5.91 Å². The van der Waals surface area contributed by atoms with Crippen LogP contribution in [0.5, 0.6) is 0 Å². The Bertz CT molecular complexity index is 196. The molecule has 1 rings (SSSR count). The molecule has 60 valence electrons. The van der Waals surface area contributed by atoms with E-state index in [1.807, 2.05) is 0 Å². The second-order valence-electron chi connectivity index (χ2n) is 2.66. The summed E-state index contributed by atoms with van der Waals surface area (Å²) in [6.07, 6.45) is 2.06. The van der Waals surface area contributed by atoms with E-state index in [-0.39, 0.29) is 0 Å². The molecule has 0 unspecified atom stereocenters. The van der Waals surface area contributed by atoms with Gasteiger partial charge in [0.2, 0.25) is 0 Å². The van der Waals surface area contributed by atoms with Crippen molar-refractivity contribution in [3.05, 3.63) is 0 Å². The van der Waals surface area contributed by atoms with Gasteiger partial charge >= 0.3 is 0 Å². The van der Waals surface area contributed by atoms with E-state index >= 15 is 0 Å². The highest BCUT2D eigenvalue weighted by Crippen LogP contribution is 2.08. The molecule has 11 heavy (non-hydrogen) atoms. The Morgan fingerprint density at radius 1 is 1.45 bits per heavy atom. The third kappa shape index (κ3) is 3.06. The molecular weight excluding hydrogens is 140 g/mol. The lowest BCUT2D eigenvalue weighted by atomic mass is 9.99. The fourth-order valence-corrected chi connectivity index (χ4v) is 1.14. The molecular formula is C8H12N2O. The zero-order chi connectivity index (χ0) is 8.10. The van der Waals surface area contributed by atoms with Gasteiger partial charge in [-0.3, -0.25) is 4.79 Å². The van der Waals surface area contributed by atoms with Gasteiger partial charge in [-0.25, -0.2) is 0 Å². The predicted molar refractivity (Wildman–Crippen MR) is 42.6 cm³/mol. The van der Waals surface area contributed by atoms with E-state index in [1.165, 1.54) is 0 Å². The summed E-state index contributed by atoms with van der Waals surface area (Å²) >= 11 is 0. The minimum atomic E-state index is -0.525. The van der Waals surface area contributed by atoms with Gasteiger partial charge < -0.3 is 11.1 Å². The highest BCUT2D eigenvalue weighted by molar-refractivity contribution is 5.91. The summed E-state index contributed by atoms with van der Waals surface area (Å²) in [5, 5.41) is 3.22. The van der Waals surface area contributed by atoms with Gasteiger partial charge in [0.05, 0.1) is 0 Å². The zero-order valence-corrected chi connectivity index (χ0v) is 6.39. The SMILES string of the molecule is NC(=O)C#CC1CCNCC1. The Morgan fingerprint density at radius 2 is 2.09 bits per heavy atom. The summed E-state index contributed by atoms with van der Waals surface area (Å²) in [4.78, 5) is 10.3. The van der Waals surface area contributed by atoms with Crippen LogP contribution in [-0.4, -0.2) is 19.0 Å². The van der Waals surface area contributed by atoms with Crippen molar-refractivity contribution in [2.45, 2.75) is 12.8 Å². The van der Waals surface area contributed by atoms with Gasteiger partial charge in [0, 0.05) is 5.92 Å². The first-order valence-corrected chi connectivity index (χ1v) is 3.81. The average molecular weight is 152 g/mol. The van der Waals surface area contributed by atoms with Crippen molar-refractivity contribution < 1.29 is 4.79 Å². The van der Waals surface area contributed by atoms with Gasteiger partial charge in [-0.15, -0.1) is 0 Å². The minimum absolute atomic E-state index is 0.365. The number of rotatable bonds is 0. The number of hydrogen-bond donors (Lipinski definition) is 2. The van der Waals surface area contributed by atoms with Crippen LogP contribution in [0, 0.1) is 17.8 Å². The number of hydrogen-bond acceptors (Lipinski definition) is 2. The quantitative estimate of drug-likeness (QED) is 0.459. The monoisotopic (exact) mass is 152 g/mol. The molecule has 0 aromatic carbocycles. The smallest absolute Gasteiger partial charge is 0.293 e. The van der Waals surface area contributed by atoms with Crippen LogP contribution in [-0.2, 0) is 4.79 Å². The maximum atomic E-state index is 10.3. The standard InChI is InChI=1S/C8H12N2O/c9-8(11)2-1-7-3-5-10-6-4-7/h7,10H,3-6H2,(H2,9,11). The van der Waals surface area contributed by atoms with Crippen molar-refractivity contribution in [3.8, 4) is 11.8 Å². The maximum absolute atomic E-state index is 10.3. The summed E-state index contributed by atoms with van der Waals surface area (Å²) in [6, 6.07) is 0. The molecule has 0 radical (unpaired) electrons. The molecule has 1 aliphatic heterocycles. The first-order chi connectivity index (χ1) is 5.29. The van der Waals surface area contributed by atoms with E-state index in [1.54, 1.807) is 0 Å². The Kier molecular flexibility index (Phi) is 2.94. The number of carbonyl (C=O) groups excluding carboxylic acids is 1. The first kappa shape index (κ1) is 8.09. The Hall–Kier alpha value is -1.01. The summed E-state index contributed by atoms with van der Waals surface area (Å²) < 4.78 is 0. The lowest BCUT2D eigenvalue weighted by Crippen LogP contribution is -2.27. The van der Waals surface area contributed by atoms with Gasteiger partial charge in [0.25, 0.3) is 5.91 Å². The molecule has 3 heteroatoms. The molecule has 0 spiro atoms. The number of nitrogens with two attached hydrogens (primary N) is 1. The van der Waals surface area contributed by atoms with Gasteiger partial charge in [0.1, 0.15) is 0 Å². The molecule has 0 bridgehead atoms. The Morgan fingerprint density at radius 3 is 2.64 bits per heavy atom. The number of piperidine rings is 1. The van der Waals surface area contributed by atoms with Crippen LogP contribution < -0.4 is 11.1 Å². The Labute approximate surface area is 66.3 Å². The van der Waals surface area contributed by atoms with Gasteiger partial charge in [0.15, 0.2) is 0 Å². The molecule has 0 atom stereocenters. The molecule has 0 saturated carbocycles. The lowest BCUT2D eigenvalue weighted by molar-refractivity contribution is -0.112. The van der Waals surface area contributed by atoms with E-state index in [0.717, 1.165) is 25.9 Å². The third-order valence-electron chi connectivity index (χ3n) is 1.74. The second kappa shape index (κ2) is 3.99. The summed E-state index contributed by atoms with van der Waals surface area (Å²) in [6.45, 7) is 2.00. The van der Waals surface area contributed by atoms with Crippen LogP contribution in [0.1, 0.15) is 12.8 Å². The van der Waals surface area contributed by atoms with E-state index < -0.39 is 5.91 Å². The summed E-state index contributed by atoms with van der Waals surface area (Å²) in [5.41, 5.74) is 4.88. The van der Waals surface area contributed by atoms with Crippen LogP contribution >= 0.6 is 0 Å². The maximum Gasteiger partial charge on any atom is 0.293 e. The van der Waals surface area contributed by atoms with E-state index in [4.69, 9.17) is 5.73 Å². The topological polar surface area (TPSA) is 55.1 Å². The lowest BCUT2D eigenvalue weighted by Gasteiger charge is -2.16.